The summed E-state index contributed by atoms with van der Waals surface area (Å²) in [5.41, 5.74) is 1.55. The van der Waals surface area contributed by atoms with Gasteiger partial charge in [-0.1, -0.05) is 29.3 Å². The predicted molar refractivity (Wildman–Crippen MR) is 85.6 cm³/mol. The van der Waals surface area contributed by atoms with Gasteiger partial charge < -0.3 is 15.3 Å². The van der Waals surface area contributed by atoms with Crippen LogP contribution < -0.4 is 15.3 Å². The molecule has 0 fully saturated rings. The van der Waals surface area contributed by atoms with E-state index in [1.807, 2.05) is 6.07 Å². The van der Waals surface area contributed by atoms with Gasteiger partial charge in [0.25, 0.3) is 0 Å². The van der Waals surface area contributed by atoms with E-state index in [4.69, 9.17) is 38.5 Å². The minimum absolute atomic E-state index is 0.249. The average molecular weight is 325 g/mol. The molecule has 2 N–H and O–H groups in total. The van der Waals surface area contributed by atoms with Crippen LogP contribution in [-0.2, 0) is 6.61 Å². The van der Waals surface area contributed by atoms with Crippen molar-refractivity contribution in [2.24, 2.45) is 10.9 Å². The molecule has 0 saturated carbocycles. The minimum Gasteiger partial charge on any atom is -0.493 e. The van der Waals surface area contributed by atoms with E-state index in [0.717, 1.165) is 11.1 Å². The predicted octanol–water partition coefficient (Wildman–Crippen LogP) is 3.87. The first kappa shape index (κ1) is 15.5. The number of benzene rings is 2. The molecule has 0 saturated heterocycles. The fourth-order valence-electron chi connectivity index (χ4n) is 1.79. The van der Waals surface area contributed by atoms with Gasteiger partial charge in [0.05, 0.1) is 13.3 Å². The molecule has 4 nitrogen and oxygen atoms in total. The maximum atomic E-state index is 6.11. The molecule has 21 heavy (non-hydrogen) atoms. The van der Waals surface area contributed by atoms with Crippen LogP contribution in [0.4, 0.5) is 0 Å². The van der Waals surface area contributed by atoms with Gasteiger partial charge in [-0.3, -0.25) is 0 Å². The topological polar surface area (TPSA) is 56.8 Å². The van der Waals surface area contributed by atoms with Crippen molar-refractivity contribution in [3.8, 4) is 11.5 Å². The van der Waals surface area contributed by atoms with Gasteiger partial charge in [0.2, 0.25) is 0 Å². The van der Waals surface area contributed by atoms with E-state index in [9.17, 15) is 0 Å². The van der Waals surface area contributed by atoms with Crippen molar-refractivity contribution >= 4 is 29.4 Å². The monoisotopic (exact) mass is 324 g/mol. The summed E-state index contributed by atoms with van der Waals surface area (Å²) in [5, 5.41) is 4.60. The molecule has 2 aromatic carbocycles. The Kier molecular flexibility index (Phi) is 5.31. The SMILES string of the molecule is COc1cc(C=NN)ccc1OCc1c(Cl)cccc1Cl. The Morgan fingerprint density at radius 1 is 1.14 bits per heavy atom. The molecular formula is C15H14Cl2N2O2. The van der Waals surface area contributed by atoms with Crippen molar-refractivity contribution < 1.29 is 9.47 Å². The first-order valence-electron chi connectivity index (χ1n) is 6.12. The molecule has 2 aromatic rings. The van der Waals surface area contributed by atoms with Crippen LogP contribution in [0.1, 0.15) is 11.1 Å². The number of nitrogens with two attached hydrogens (primary N) is 1. The molecule has 0 aliphatic carbocycles. The van der Waals surface area contributed by atoms with Gasteiger partial charge in [-0.15, -0.1) is 0 Å². The molecule has 0 atom stereocenters. The van der Waals surface area contributed by atoms with Gasteiger partial charge in [-0.2, -0.15) is 5.10 Å². The van der Waals surface area contributed by atoms with Crippen LogP contribution in [0.15, 0.2) is 41.5 Å². The Morgan fingerprint density at radius 2 is 1.86 bits per heavy atom. The molecule has 0 aromatic heterocycles. The second-order valence-corrected chi connectivity index (χ2v) is 4.99. The van der Waals surface area contributed by atoms with Crippen molar-refractivity contribution in [3.63, 3.8) is 0 Å². The van der Waals surface area contributed by atoms with Crippen molar-refractivity contribution in [3.05, 3.63) is 57.6 Å². The van der Waals surface area contributed by atoms with Gasteiger partial charge >= 0.3 is 0 Å². The quantitative estimate of drug-likeness (QED) is 0.516. The molecule has 0 unspecified atom stereocenters. The third-order valence-corrected chi connectivity index (χ3v) is 3.55. The summed E-state index contributed by atoms with van der Waals surface area (Å²) in [6.07, 6.45) is 1.53. The molecule has 0 aliphatic rings. The molecule has 0 spiro atoms. The highest BCUT2D eigenvalue weighted by atomic mass is 35.5. The summed E-state index contributed by atoms with van der Waals surface area (Å²) in [6.45, 7) is 0.249. The Balaban J connectivity index is 2.20. The molecule has 0 radical (unpaired) electrons. The molecule has 6 heteroatoms. The van der Waals surface area contributed by atoms with Crippen molar-refractivity contribution in [1.29, 1.82) is 0 Å². The molecule has 0 aliphatic heterocycles. The largest absolute Gasteiger partial charge is 0.493 e. The molecule has 0 heterocycles. The second kappa shape index (κ2) is 7.20. The first-order valence-corrected chi connectivity index (χ1v) is 6.88. The lowest BCUT2D eigenvalue weighted by atomic mass is 10.2. The third kappa shape index (κ3) is 3.80. The van der Waals surface area contributed by atoms with E-state index in [2.05, 4.69) is 5.10 Å². The number of hydrogen-bond acceptors (Lipinski definition) is 4. The zero-order valence-electron chi connectivity index (χ0n) is 11.3. The van der Waals surface area contributed by atoms with Crippen molar-refractivity contribution in [1.82, 2.24) is 0 Å². The van der Waals surface area contributed by atoms with E-state index >= 15 is 0 Å². The Morgan fingerprint density at radius 3 is 2.48 bits per heavy atom. The van der Waals surface area contributed by atoms with Crippen LogP contribution in [0.5, 0.6) is 11.5 Å². The Bertz CT molecular complexity index is 640. The van der Waals surface area contributed by atoms with Crippen LogP contribution in [0, 0.1) is 0 Å². The molecule has 0 bridgehead atoms. The minimum atomic E-state index is 0.249. The molecule has 2 rings (SSSR count). The number of methoxy groups -OCH3 is 1. The maximum Gasteiger partial charge on any atom is 0.161 e. The highest BCUT2D eigenvalue weighted by Gasteiger charge is 2.09. The first-order chi connectivity index (χ1) is 10.2. The lowest BCUT2D eigenvalue weighted by Gasteiger charge is -2.13. The summed E-state index contributed by atoms with van der Waals surface area (Å²) in [7, 11) is 1.56. The Hall–Kier alpha value is -1.91. The smallest absolute Gasteiger partial charge is 0.161 e. The van der Waals surface area contributed by atoms with Gasteiger partial charge in [-0.05, 0) is 35.9 Å². The van der Waals surface area contributed by atoms with E-state index in [1.165, 1.54) is 6.21 Å². The number of ether oxygens (including phenoxy) is 2. The summed E-state index contributed by atoms with van der Waals surface area (Å²) in [5.74, 6) is 6.29. The van der Waals surface area contributed by atoms with E-state index < -0.39 is 0 Å². The summed E-state index contributed by atoms with van der Waals surface area (Å²) in [4.78, 5) is 0. The van der Waals surface area contributed by atoms with Crippen LogP contribution in [0.3, 0.4) is 0 Å². The van der Waals surface area contributed by atoms with Gasteiger partial charge in [0.15, 0.2) is 11.5 Å². The number of nitrogens with zero attached hydrogens (tertiary/aromatic N) is 1. The van der Waals surface area contributed by atoms with Crippen LogP contribution in [0.25, 0.3) is 0 Å². The molecule has 0 amide bonds. The van der Waals surface area contributed by atoms with E-state index in [1.54, 1.807) is 37.4 Å². The van der Waals surface area contributed by atoms with Crippen LogP contribution in [0.2, 0.25) is 10.0 Å². The standard InChI is InChI=1S/C15H14Cl2N2O2/c1-20-15-7-10(8-19-18)5-6-14(15)21-9-11-12(16)3-2-4-13(11)17/h2-8H,9,18H2,1H3. The highest BCUT2D eigenvalue weighted by molar-refractivity contribution is 6.35. The highest BCUT2D eigenvalue weighted by Crippen LogP contribution is 2.31. The Labute approximate surface area is 133 Å². The number of rotatable bonds is 5. The lowest BCUT2D eigenvalue weighted by molar-refractivity contribution is 0.284. The summed E-state index contributed by atoms with van der Waals surface area (Å²) >= 11 is 12.2. The van der Waals surface area contributed by atoms with Crippen LogP contribution in [-0.4, -0.2) is 13.3 Å². The van der Waals surface area contributed by atoms with Gasteiger partial charge in [-0.25, -0.2) is 0 Å². The van der Waals surface area contributed by atoms with Crippen molar-refractivity contribution in [2.75, 3.05) is 7.11 Å². The van der Waals surface area contributed by atoms with Gasteiger partial charge in [0.1, 0.15) is 6.61 Å². The third-order valence-electron chi connectivity index (χ3n) is 2.84. The molecule has 110 valence electrons. The van der Waals surface area contributed by atoms with E-state index in [0.29, 0.717) is 21.5 Å². The lowest BCUT2D eigenvalue weighted by Crippen LogP contribution is -2.00. The fraction of sp³-hybridized carbons (Fsp3) is 0.133. The average Bonchev–Trinajstić information content (AvgIpc) is 2.48. The summed E-state index contributed by atoms with van der Waals surface area (Å²) < 4.78 is 11.0. The summed E-state index contributed by atoms with van der Waals surface area (Å²) in [6, 6.07) is 10.7. The zero-order valence-corrected chi connectivity index (χ0v) is 12.9. The van der Waals surface area contributed by atoms with Crippen molar-refractivity contribution in [2.45, 2.75) is 6.61 Å². The molecular weight excluding hydrogens is 311 g/mol. The van der Waals surface area contributed by atoms with E-state index in [-0.39, 0.29) is 6.61 Å². The maximum absolute atomic E-state index is 6.11. The fourth-order valence-corrected chi connectivity index (χ4v) is 2.30. The zero-order chi connectivity index (χ0) is 15.2. The number of hydrazone groups is 1. The number of hydrogen-bond donors (Lipinski definition) is 1. The van der Waals surface area contributed by atoms with Gasteiger partial charge in [0, 0.05) is 15.6 Å². The van der Waals surface area contributed by atoms with Crippen LogP contribution >= 0.6 is 23.2 Å². The number of halogens is 2. The normalized spacial score (nSPS) is 10.8. The second-order valence-electron chi connectivity index (χ2n) is 4.18.